The van der Waals surface area contributed by atoms with Crippen LogP contribution in [0.4, 0.5) is 10.5 Å². The zero-order chi connectivity index (χ0) is 14.6. The Bertz CT molecular complexity index is 486. The van der Waals surface area contributed by atoms with E-state index in [0.29, 0.717) is 11.3 Å². The van der Waals surface area contributed by atoms with Crippen LogP contribution in [-0.4, -0.2) is 46.8 Å². The number of carboxylic acid groups (broad SMARTS) is 1. The van der Waals surface area contributed by atoms with Crippen LogP contribution in [0, 0.1) is 6.92 Å². The van der Waals surface area contributed by atoms with Gasteiger partial charge < -0.3 is 20.4 Å². The number of aryl methyl sites for hydroxylation is 1. The Kier molecular flexibility index (Phi) is 4.88. The van der Waals surface area contributed by atoms with Crippen LogP contribution in [0.2, 0.25) is 0 Å². The topological polar surface area (TPSA) is 89.9 Å². The van der Waals surface area contributed by atoms with Crippen molar-refractivity contribution >= 4 is 17.7 Å². The quantitative estimate of drug-likeness (QED) is 0.771. The maximum atomic E-state index is 11.8. The molecule has 6 nitrogen and oxygen atoms in total. The molecule has 1 unspecified atom stereocenters. The third-order valence-corrected chi connectivity index (χ3v) is 2.59. The van der Waals surface area contributed by atoms with Crippen molar-refractivity contribution in [3.05, 3.63) is 29.3 Å². The molecule has 0 spiro atoms. The molecule has 0 aliphatic carbocycles. The molecule has 1 rings (SSSR count). The molecule has 0 bridgehead atoms. The van der Waals surface area contributed by atoms with Crippen LogP contribution in [0.1, 0.15) is 22.8 Å². The Balaban J connectivity index is 2.75. The summed E-state index contributed by atoms with van der Waals surface area (Å²) in [6.07, 6.45) is -0.605. The van der Waals surface area contributed by atoms with Gasteiger partial charge in [0.05, 0.1) is 11.7 Å². The molecule has 1 atom stereocenters. The zero-order valence-electron chi connectivity index (χ0n) is 11.2. The van der Waals surface area contributed by atoms with Gasteiger partial charge in [-0.05, 0) is 37.6 Å². The lowest BCUT2D eigenvalue weighted by Gasteiger charge is -2.19. The van der Waals surface area contributed by atoms with Crippen LogP contribution in [0.3, 0.4) is 0 Å². The second-order valence-corrected chi connectivity index (χ2v) is 4.49. The molecule has 1 aromatic carbocycles. The monoisotopic (exact) mass is 266 g/mol. The summed E-state index contributed by atoms with van der Waals surface area (Å²) in [7, 11) is 1.57. The number of aliphatic hydroxyl groups excluding tert-OH is 1. The first-order chi connectivity index (χ1) is 8.81. The summed E-state index contributed by atoms with van der Waals surface area (Å²) in [6, 6.07) is 4.22. The standard InChI is InChI=1S/C13H18N2O4/c1-8-6-10(4-5-11(8)12(17)18)14-13(19)15(3)7-9(2)16/h4-6,9,16H,7H2,1-3H3,(H,14,19)(H,17,18). The van der Waals surface area contributed by atoms with Crippen molar-refractivity contribution < 1.29 is 19.8 Å². The largest absolute Gasteiger partial charge is 0.478 e. The van der Waals surface area contributed by atoms with Crippen LogP contribution < -0.4 is 5.32 Å². The predicted molar refractivity (Wildman–Crippen MR) is 71.5 cm³/mol. The number of anilines is 1. The molecule has 0 aliphatic heterocycles. The van der Waals surface area contributed by atoms with Crippen molar-refractivity contribution in [3.63, 3.8) is 0 Å². The minimum absolute atomic E-state index is 0.204. The van der Waals surface area contributed by atoms with Gasteiger partial charge in [-0.1, -0.05) is 0 Å². The van der Waals surface area contributed by atoms with Crippen LogP contribution in [0.25, 0.3) is 0 Å². The van der Waals surface area contributed by atoms with Gasteiger partial charge in [0.1, 0.15) is 0 Å². The van der Waals surface area contributed by atoms with Gasteiger partial charge >= 0.3 is 12.0 Å². The van der Waals surface area contributed by atoms with Gasteiger partial charge in [-0.3, -0.25) is 0 Å². The summed E-state index contributed by atoms with van der Waals surface area (Å²) in [6.45, 7) is 3.48. The predicted octanol–water partition coefficient (Wildman–Crippen LogP) is 1.54. The van der Waals surface area contributed by atoms with Crippen molar-refractivity contribution in [2.45, 2.75) is 20.0 Å². The molecule has 0 saturated heterocycles. The molecule has 104 valence electrons. The molecular formula is C13H18N2O4. The number of aliphatic hydroxyl groups is 1. The summed E-state index contributed by atoms with van der Waals surface area (Å²) in [5, 5.41) is 20.7. The van der Waals surface area contributed by atoms with Crippen LogP contribution in [0.5, 0.6) is 0 Å². The summed E-state index contributed by atoms with van der Waals surface area (Å²) >= 11 is 0. The SMILES string of the molecule is Cc1cc(NC(=O)N(C)CC(C)O)ccc1C(=O)O. The number of hydrogen-bond donors (Lipinski definition) is 3. The number of urea groups is 1. The molecule has 19 heavy (non-hydrogen) atoms. The Morgan fingerprint density at radius 1 is 1.42 bits per heavy atom. The number of carboxylic acids is 1. The number of rotatable bonds is 4. The average molecular weight is 266 g/mol. The number of hydrogen-bond acceptors (Lipinski definition) is 3. The number of amides is 2. The number of likely N-dealkylation sites (N-methyl/N-ethyl adjacent to an activating group) is 1. The van der Waals surface area contributed by atoms with E-state index in [4.69, 9.17) is 5.11 Å². The summed E-state index contributed by atoms with van der Waals surface area (Å²) in [5.41, 5.74) is 1.30. The minimum Gasteiger partial charge on any atom is -0.478 e. The van der Waals surface area contributed by atoms with Gasteiger partial charge in [0, 0.05) is 19.3 Å². The molecule has 1 aromatic rings. The minimum atomic E-state index is -0.999. The van der Waals surface area contributed by atoms with Gasteiger partial charge in [-0.15, -0.1) is 0 Å². The average Bonchev–Trinajstić information content (AvgIpc) is 2.27. The van der Waals surface area contributed by atoms with E-state index in [1.165, 1.54) is 17.0 Å². The first-order valence-corrected chi connectivity index (χ1v) is 5.85. The Morgan fingerprint density at radius 2 is 2.05 bits per heavy atom. The van der Waals surface area contributed by atoms with E-state index in [9.17, 15) is 14.7 Å². The van der Waals surface area contributed by atoms with Crippen molar-refractivity contribution in [1.82, 2.24) is 4.90 Å². The molecular weight excluding hydrogens is 248 g/mol. The lowest BCUT2D eigenvalue weighted by atomic mass is 10.1. The van der Waals surface area contributed by atoms with Crippen molar-refractivity contribution in [2.24, 2.45) is 0 Å². The van der Waals surface area contributed by atoms with E-state index in [0.717, 1.165) is 0 Å². The van der Waals surface area contributed by atoms with Gasteiger partial charge in [0.25, 0.3) is 0 Å². The fourth-order valence-electron chi connectivity index (χ4n) is 1.68. The molecule has 0 heterocycles. The highest BCUT2D eigenvalue weighted by atomic mass is 16.4. The highest BCUT2D eigenvalue weighted by Gasteiger charge is 2.12. The molecule has 6 heteroatoms. The second-order valence-electron chi connectivity index (χ2n) is 4.49. The maximum absolute atomic E-state index is 11.8. The van der Waals surface area contributed by atoms with Crippen molar-refractivity contribution in [1.29, 1.82) is 0 Å². The lowest BCUT2D eigenvalue weighted by molar-refractivity contribution is 0.0696. The van der Waals surface area contributed by atoms with E-state index in [-0.39, 0.29) is 18.1 Å². The first kappa shape index (κ1) is 15.0. The van der Waals surface area contributed by atoms with E-state index in [2.05, 4.69) is 5.32 Å². The molecule has 0 radical (unpaired) electrons. The van der Waals surface area contributed by atoms with Crippen LogP contribution >= 0.6 is 0 Å². The number of carbonyl (C=O) groups excluding carboxylic acids is 1. The van der Waals surface area contributed by atoms with Crippen LogP contribution in [-0.2, 0) is 0 Å². The fraction of sp³-hybridized carbons (Fsp3) is 0.385. The van der Waals surface area contributed by atoms with Gasteiger partial charge in [0.2, 0.25) is 0 Å². The Hall–Kier alpha value is -2.08. The lowest BCUT2D eigenvalue weighted by Crippen LogP contribution is -2.36. The van der Waals surface area contributed by atoms with E-state index in [1.54, 1.807) is 27.0 Å². The molecule has 3 N–H and O–H groups in total. The fourth-order valence-corrected chi connectivity index (χ4v) is 1.68. The smallest absolute Gasteiger partial charge is 0.335 e. The summed E-state index contributed by atoms with van der Waals surface area (Å²) < 4.78 is 0. The molecule has 2 amide bonds. The highest BCUT2D eigenvalue weighted by Crippen LogP contribution is 2.15. The van der Waals surface area contributed by atoms with E-state index in [1.807, 2.05) is 0 Å². The third kappa shape index (κ3) is 4.26. The normalized spacial score (nSPS) is 11.8. The summed E-state index contributed by atoms with van der Waals surface area (Å²) in [4.78, 5) is 24.0. The molecule has 0 aliphatic rings. The molecule has 0 fully saturated rings. The first-order valence-electron chi connectivity index (χ1n) is 5.85. The van der Waals surface area contributed by atoms with Gasteiger partial charge in [-0.25, -0.2) is 9.59 Å². The molecule has 0 saturated carbocycles. The van der Waals surface area contributed by atoms with Gasteiger partial charge in [0.15, 0.2) is 0 Å². The number of benzene rings is 1. The maximum Gasteiger partial charge on any atom is 0.335 e. The highest BCUT2D eigenvalue weighted by molar-refractivity contribution is 5.92. The van der Waals surface area contributed by atoms with E-state index >= 15 is 0 Å². The van der Waals surface area contributed by atoms with E-state index < -0.39 is 12.1 Å². The summed E-state index contributed by atoms with van der Waals surface area (Å²) in [5.74, 6) is -0.999. The second kappa shape index (κ2) is 6.19. The third-order valence-electron chi connectivity index (χ3n) is 2.59. The zero-order valence-corrected chi connectivity index (χ0v) is 11.2. The number of nitrogens with one attached hydrogen (secondary N) is 1. The van der Waals surface area contributed by atoms with Crippen molar-refractivity contribution in [3.8, 4) is 0 Å². The number of nitrogens with zero attached hydrogens (tertiary/aromatic N) is 1. The van der Waals surface area contributed by atoms with Crippen LogP contribution in [0.15, 0.2) is 18.2 Å². The Morgan fingerprint density at radius 3 is 2.53 bits per heavy atom. The van der Waals surface area contributed by atoms with Gasteiger partial charge in [-0.2, -0.15) is 0 Å². The Labute approximate surface area is 111 Å². The number of carbonyl (C=O) groups is 2. The number of aromatic carboxylic acids is 1. The van der Waals surface area contributed by atoms with Crippen molar-refractivity contribution in [2.75, 3.05) is 18.9 Å². The molecule has 0 aromatic heterocycles.